The third-order valence-corrected chi connectivity index (χ3v) is 7.42. The summed E-state index contributed by atoms with van der Waals surface area (Å²) in [6.07, 6.45) is 9.84. The minimum atomic E-state index is -0.271. The molecule has 1 saturated heterocycles. The molecule has 3 N–H and O–H groups in total. The SMILES string of the molecule is NC(=O)C1=C(C(Cc2ccccc2)Cc2cccc(NC(=O)CCN3CCCCC3)c2)CCCC1. The predicted octanol–water partition coefficient (Wildman–Crippen LogP) is 5.26. The van der Waals surface area contributed by atoms with E-state index in [4.69, 9.17) is 5.73 Å². The van der Waals surface area contributed by atoms with Gasteiger partial charge in [-0.05, 0) is 93.6 Å². The van der Waals surface area contributed by atoms with Crippen LogP contribution in [0.4, 0.5) is 5.69 Å². The van der Waals surface area contributed by atoms with Gasteiger partial charge in [0.1, 0.15) is 0 Å². The zero-order chi connectivity index (χ0) is 24.5. The first-order chi connectivity index (χ1) is 17.1. The van der Waals surface area contributed by atoms with Crippen LogP contribution in [-0.4, -0.2) is 36.3 Å². The number of nitrogens with one attached hydrogen (secondary N) is 1. The molecule has 1 aliphatic heterocycles. The number of carbonyl (C=O) groups is 2. The summed E-state index contributed by atoms with van der Waals surface area (Å²) in [6.45, 7) is 3.04. The summed E-state index contributed by atoms with van der Waals surface area (Å²) in [6, 6.07) is 18.7. The van der Waals surface area contributed by atoms with Crippen molar-refractivity contribution in [3.63, 3.8) is 0 Å². The molecule has 186 valence electrons. The molecule has 2 aliphatic rings. The molecule has 0 bridgehead atoms. The van der Waals surface area contributed by atoms with Crippen molar-refractivity contribution in [2.45, 2.75) is 64.2 Å². The van der Waals surface area contributed by atoms with Gasteiger partial charge in [0.15, 0.2) is 0 Å². The van der Waals surface area contributed by atoms with Gasteiger partial charge in [-0.25, -0.2) is 0 Å². The predicted molar refractivity (Wildman–Crippen MR) is 142 cm³/mol. The van der Waals surface area contributed by atoms with Crippen molar-refractivity contribution in [1.82, 2.24) is 4.90 Å². The van der Waals surface area contributed by atoms with E-state index in [1.165, 1.54) is 36.0 Å². The van der Waals surface area contributed by atoms with Crippen LogP contribution >= 0.6 is 0 Å². The van der Waals surface area contributed by atoms with Crippen LogP contribution in [0.2, 0.25) is 0 Å². The molecule has 5 nitrogen and oxygen atoms in total. The molecule has 2 amide bonds. The second kappa shape index (κ2) is 12.7. The lowest BCUT2D eigenvalue weighted by atomic mass is 9.78. The van der Waals surface area contributed by atoms with E-state index in [9.17, 15) is 9.59 Å². The molecule has 1 atom stereocenters. The minimum Gasteiger partial charge on any atom is -0.366 e. The average Bonchev–Trinajstić information content (AvgIpc) is 2.88. The molecule has 1 unspecified atom stereocenters. The maximum absolute atomic E-state index is 12.6. The highest BCUT2D eigenvalue weighted by Crippen LogP contribution is 2.34. The Hall–Kier alpha value is -2.92. The van der Waals surface area contributed by atoms with E-state index in [0.29, 0.717) is 6.42 Å². The fourth-order valence-corrected chi connectivity index (χ4v) is 5.60. The van der Waals surface area contributed by atoms with Crippen molar-refractivity contribution in [3.05, 3.63) is 76.9 Å². The van der Waals surface area contributed by atoms with Crippen molar-refractivity contribution < 1.29 is 9.59 Å². The Kier molecular flexibility index (Phi) is 9.13. The minimum absolute atomic E-state index is 0.0690. The van der Waals surface area contributed by atoms with E-state index in [0.717, 1.165) is 69.4 Å². The molecule has 0 radical (unpaired) electrons. The van der Waals surface area contributed by atoms with E-state index in [2.05, 4.69) is 46.6 Å². The van der Waals surface area contributed by atoms with Crippen molar-refractivity contribution in [1.29, 1.82) is 0 Å². The van der Waals surface area contributed by atoms with E-state index in [1.807, 2.05) is 18.2 Å². The highest BCUT2D eigenvalue weighted by Gasteiger charge is 2.25. The summed E-state index contributed by atoms with van der Waals surface area (Å²) in [7, 11) is 0. The summed E-state index contributed by atoms with van der Waals surface area (Å²) in [5, 5.41) is 3.10. The molecular weight excluding hydrogens is 434 g/mol. The normalized spacial score (nSPS) is 17.7. The maximum atomic E-state index is 12.6. The Bertz CT molecular complexity index is 1020. The van der Waals surface area contributed by atoms with Crippen LogP contribution < -0.4 is 11.1 Å². The number of allylic oxidation sites excluding steroid dienone is 1. The standard InChI is InChI=1S/C30H39N3O2/c31-30(35)28-15-6-5-14-27(28)25(20-23-10-3-1-4-11-23)21-24-12-9-13-26(22-24)32-29(34)16-19-33-17-7-2-8-18-33/h1,3-4,9-13,22,25H,2,5-8,14-21H2,(H2,31,35)(H,32,34). The van der Waals surface area contributed by atoms with Crippen LogP contribution in [0.25, 0.3) is 0 Å². The summed E-state index contributed by atoms with van der Waals surface area (Å²) in [5.41, 5.74) is 11.1. The number of primary amides is 1. The number of rotatable bonds is 10. The quantitative estimate of drug-likeness (QED) is 0.494. The van der Waals surface area contributed by atoms with E-state index >= 15 is 0 Å². The number of amides is 2. The van der Waals surface area contributed by atoms with Gasteiger partial charge in [0.25, 0.3) is 0 Å². The molecule has 0 saturated carbocycles. The van der Waals surface area contributed by atoms with Gasteiger partial charge in [-0.1, -0.05) is 54.5 Å². The van der Waals surface area contributed by atoms with Crippen LogP contribution in [0, 0.1) is 5.92 Å². The number of nitrogens with zero attached hydrogens (tertiary/aromatic N) is 1. The molecular formula is C30H39N3O2. The lowest BCUT2D eigenvalue weighted by Gasteiger charge is -2.27. The number of benzene rings is 2. The molecule has 1 fully saturated rings. The summed E-state index contributed by atoms with van der Waals surface area (Å²) >= 11 is 0. The Morgan fingerprint density at radius 1 is 0.857 bits per heavy atom. The first-order valence-corrected chi connectivity index (χ1v) is 13.3. The number of carbonyl (C=O) groups excluding carboxylic acids is 2. The van der Waals surface area contributed by atoms with Gasteiger partial charge >= 0.3 is 0 Å². The fraction of sp³-hybridized carbons (Fsp3) is 0.467. The summed E-state index contributed by atoms with van der Waals surface area (Å²) in [4.78, 5) is 27.2. The van der Waals surface area contributed by atoms with Gasteiger partial charge in [-0.3, -0.25) is 9.59 Å². The Morgan fingerprint density at radius 2 is 1.57 bits per heavy atom. The van der Waals surface area contributed by atoms with E-state index in [-0.39, 0.29) is 17.7 Å². The number of hydrogen-bond donors (Lipinski definition) is 2. The molecule has 0 spiro atoms. The largest absolute Gasteiger partial charge is 0.366 e. The molecule has 4 rings (SSSR count). The number of hydrogen-bond acceptors (Lipinski definition) is 3. The number of anilines is 1. The fourth-order valence-electron chi connectivity index (χ4n) is 5.60. The summed E-state index contributed by atoms with van der Waals surface area (Å²) < 4.78 is 0. The second-order valence-corrected chi connectivity index (χ2v) is 10.1. The monoisotopic (exact) mass is 473 g/mol. The van der Waals surface area contributed by atoms with Crippen molar-refractivity contribution in [2.75, 3.05) is 25.0 Å². The highest BCUT2D eigenvalue weighted by atomic mass is 16.2. The van der Waals surface area contributed by atoms with Crippen LogP contribution in [0.1, 0.15) is 62.5 Å². The molecule has 1 aliphatic carbocycles. The molecule has 1 heterocycles. The van der Waals surface area contributed by atoms with Crippen molar-refractivity contribution in [2.24, 2.45) is 11.7 Å². The Balaban J connectivity index is 1.46. The van der Waals surface area contributed by atoms with Gasteiger partial charge in [0, 0.05) is 24.2 Å². The number of nitrogens with two attached hydrogens (primary N) is 1. The molecule has 2 aromatic carbocycles. The van der Waals surface area contributed by atoms with Gasteiger partial charge in [-0.15, -0.1) is 0 Å². The van der Waals surface area contributed by atoms with Crippen LogP contribution in [0.3, 0.4) is 0 Å². The topological polar surface area (TPSA) is 75.4 Å². The van der Waals surface area contributed by atoms with Crippen molar-refractivity contribution in [3.8, 4) is 0 Å². The van der Waals surface area contributed by atoms with Crippen LogP contribution in [0.15, 0.2) is 65.7 Å². The first kappa shape index (κ1) is 25.2. The smallest absolute Gasteiger partial charge is 0.244 e. The van der Waals surface area contributed by atoms with Gasteiger partial charge in [0.05, 0.1) is 0 Å². The highest BCUT2D eigenvalue weighted by molar-refractivity contribution is 5.93. The molecule has 0 aromatic heterocycles. The number of likely N-dealkylation sites (tertiary alicyclic amines) is 1. The third kappa shape index (κ3) is 7.53. The molecule has 35 heavy (non-hydrogen) atoms. The van der Waals surface area contributed by atoms with Gasteiger partial charge < -0.3 is 16.0 Å². The lowest BCUT2D eigenvalue weighted by molar-refractivity contribution is -0.116. The number of piperidine rings is 1. The van der Waals surface area contributed by atoms with E-state index < -0.39 is 0 Å². The second-order valence-electron chi connectivity index (χ2n) is 10.1. The zero-order valence-electron chi connectivity index (χ0n) is 20.8. The van der Waals surface area contributed by atoms with Crippen molar-refractivity contribution >= 4 is 17.5 Å². The van der Waals surface area contributed by atoms with Gasteiger partial charge in [-0.2, -0.15) is 0 Å². The van der Waals surface area contributed by atoms with Gasteiger partial charge in [0.2, 0.25) is 11.8 Å². The molecule has 5 heteroatoms. The third-order valence-electron chi connectivity index (χ3n) is 7.42. The lowest BCUT2D eigenvalue weighted by Crippen LogP contribution is -2.32. The van der Waals surface area contributed by atoms with Crippen LogP contribution in [0.5, 0.6) is 0 Å². The summed E-state index contributed by atoms with van der Waals surface area (Å²) in [5.74, 6) is 0.0114. The van der Waals surface area contributed by atoms with Crippen LogP contribution in [-0.2, 0) is 22.4 Å². The first-order valence-electron chi connectivity index (χ1n) is 13.3. The average molecular weight is 474 g/mol. The molecule has 2 aromatic rings. The zero-order valence-corrected chi connectivity index (χ0v) is 20.8. The Morgan fingerprint density at radius 3 is 2.34 bits per heavy atom. The Labute approximate surface area is 209 Å². The maximum Gasteiger partial charge on any atom is 0.244 e. The van der Waals surface area contributed by atoms with E-state index in [1.54, 1.807) is 0 Å².